The Kier molecular flexibility index (Phi) is 6.26. The Bertz CT molecular complexity index is 532. The molecule has 5 nitrogen and oxygen atoms in total. The van der Waals surface area contributed by atoms with Crippen LogP contribution in [0.1, 0.15) is 43.4 Å². The van der Waals surface area contributed by atoms with Gasteiger partial charge in [0.15, 0.2) is 0 Å². The number of piperidine rings is 1. The number of likely N-dealkylation sites (tertiary alicyclic amines) is 1. The van der Waals surface area contributed by atoms with Crippen LogP contribution in [0, 0.1) is 5.92 Å². The number of carbonyl (C=O) groups is 2. The molecule has 132 valence electrons. The molecule has 0 atom stereocenters. The third-order valence-corrected chi connectivity index (χ3v) is 6.13. The van der Waals surface area contributed by atoms with Gasteiger partial charge in [0.25, 0.3) is 0 Å². The molecule has 2 amide bonds. The zero-order valence-electron chi connectivity index (χ0n) is 14.1. The van der Waals surface area contributed by atoms with Gasteiger partial charge in [-0.2, -0.15) is 0 Å². The largest absolute Gasteiger partial charge is 0.348 e. The molecule has 1 aliphatic heterocycles. The first-order chi connectivity index (χ1) is 11.7. The second kappa shape index (κ2) is 8.62. The summed E-state index contributed by atoms with van der Waals surface area (Å²) in [5.41, 5.74) is 0. The molecule has 2 N–H and O–H groups in total. The molecule has 0 aromatic carbocycles. The van der Waals surface area contributed by atoms with E-state index in [0.717, 1.165) is 36.9 Å². The fraction of sp³-hybridized carbons (Fsp3) is 0.667. The predicted octanol–water partition coefficient (Wildman–Crippen LogP) is 2.14. The summed E-state index contributed by atoms with van der Waals surface area (Å²) in [7, 11) is 0. The highest BCUT2D eigenvalue weighted by Gasteiger charge is 2.27. The number of hydrogen-bond donors (Lipinski definition) is 2. The Morgan fingerprint density at radius 3 is 2.46 bits per heavy atom. The van der Waals surface area contributed by atoms with Gasteiger partial charge in [0, 0.05) is 17.5 Å². The van der Waals surface area contributed by atoms with E-state index in [1.165, 1.54) is 25.7 Å². The minimum Gasteiger partial charge on any atom is -0.348 e. The Balaban J connectivity index is 1.32. The van der Waals surface area contributed by atoms with Crippen LogP contribution in [0.5, 0.6) is 0 Å². The van der Waals surface area contributed by atoms with Crippen molar-refractivity contribution in [2.45, 2.75) is 51.1 Å². The van der Waals surface area contributed by atoms with Crippen LogP contribution in [0.3, 0.4) is 0 Å². The van der Waals surface area contributed by atoms with E-state index in [0.29, 0.717) is 19.0 Å². The second-order valence-corrected chi connectivity index (χ2v) is 7.92. The quantitative estimate of drug-likeness (QED) is 0.801. The molecule has 1 saturated carbocycles. The lowest BCUT2D eigenvalue weighted by atomic mass is 9.95. The predicted molar refractivity (Wildman–Crippen MR) is 95.7 cm³/mol. The second-order valence-electron chi connectivity index (χ2n) is 6.89. The normalized spacial score (nSPS) is 20.2. The summed E-state index contributed by atoms with van der Waals surface area (Å²) in [5.74, 6) is -0.548. The van der Waals surface area contributed by atoms with Crippen LogP contribution in [0.2, 0.25) is 0 Å². The molecule has 1 saturated heterocycles. The summed E-state index contributed by atoms with van der Waals surface area (Å²) in [6.45, 7) is 3.30. The summed E-state index contributed by atoms with van der Waals surface area (Å²) >= 11 is 1.57. The summed E-state index contributed by atoms with van der Waals surface area (Å²) in [6, 6.07) is 4.68. The Labute approximate surface area is 147 Å². The zero-order chi connectivity index (χ0) is 16.8. The molecule has 24 heavy (non-hydrogen) atoms. The van der Waals surface area contributed by atoms with Crippen LogP contribution in [0.15, 0.2) is 17.5 Å². The summed E-state index contributed by atoms with van der Waals surface area (Å²) < 4.78 is 0. The van der Waals surface area contributed by atoms with Gasteiger partial charge in [-0.3, -0.25) is 9.59 Å². The molecule has 1 aromatic heterocycles. The molecule has 1 aliphatic carbocycles. The van der Waals surface area contributed by atoms with E-state index in [4.69, 9.17) is 0 Å². The molecule has 0 bridgehead atoms. The van der Waals surface area contributed by atoms with Crippen molar-refractivity contribution in [3.8, 4) is 0 Å². The highest BCUT2D eigenvalue weighted by Crippen LogP contribution is 2.27. The fourth-order valence-electron chi connectivity index (χ4n) is 3.77. The van der Waals surface area contributed by atoms with Crippen molar-refractivity contribution in [1.82, 2.24) is 15.5 Å². The number of nitrogens with zero attached hydrogens (tertiary/aromatic N) is 1. The van der Waals surface area contributed by atoms with Gasteiger partial charge in [0.1, 0.15) is 0 Å². The highest BCUT2D eigenvalue weighted by molar-refractivity contribution is 7.09. The van der Waals surface area contributed by atoms with Crippen LogP contribution < -0.4 is 10.6 Å². The van der Waals surface area contributed by atoms with E-state index in [-0.39, 0.29) is 0 Å². The Morgan fingerprint density at radius 2 is 1.79 bits per heavy atom. The van der Waals surface area contributed by atoms with E-state index in [2.05, 4.69) is 15.5 Å². The first-order valence-corrected chi connectivity index (χ1v) is 9.93. The number of amides is 2. The third-order valence-electron chi connectivity index (χ3n) is 5.25. The van der Waals surface area contributed by atoms with Crippen molar-refractivity contribution in [2.75, 3.05) is 19.6 Å². The molecule has 2 aliphatic rings. The molecule has 2 fully saturated rings. The number of carbonyl (C=O) groups excluding carboxylic acids is 2. The minimum absolute atomic E-state index is 0.420. The summed E-state index contributed by atoms with van der Waals surface area (Å²) in [4.78, 5) is 27.4. The minimum atomic E-state index is -0.535. The smallest absolute Gasteiger partial charge is 0.309 e. The lowest BCUT2D eigenvalue weighted by Crippen LogP contribution is -2.45. The first-order valence-electron chi connectivity index (χ1n) is 9.05. The van der Waals surface area contributed by atoms with Crippen molar-refractivity contribution in [1.29, 1.82) is 0 Å². The molecule has 0 radical (unpaired) electrons. The van der Waals surface area contributed by atoms with E-state index >= 15 is 0 Å². The average molecular weight is 350 g/mol. The Morgan fingerprint density at radius 1 is 1.08 bits per heavy atom. The van der Waals surface area contributed by atoms with Crippen molar-refractivity contribution in [3.05, 3.63) is 22.4 Å². The maximum atomic E-state index is 11.9. The molecule has 2 heterocycles. The van der Waals surface area contributed by atoms with Crippen molar-refractivity contribution >= 4 is 23.2 Å². The van der Waals surface area contributed by atoms with E-state index in [1.54, 1.807) is 11.3 Å². The highest BCUT2D eigenvalue weighted by atomic mass is 32.1. The van der Waals surface area contributed by atoms with Crippen molar-refractivity contribution in [2.24, 2.45) is 5.92 Å². The first kappa shape index (κ1) is 17.4. The number of hydrogen-bond acceptors (Lipinski definition) is 4. The van der Waals surface area contributed by atoms with Gasteiger partial charge in [0.05, 0.1) is 6.54 Å². The topological polar surface area (TPSA) is 61.4 Å². The van der Waals surface area contributed by atoms with Gasteiger partial charge >= 0.3 is 11.8 Å². The van der Waals surface area contributed by atoms with E-state index in [1.807, 2.05) is 17.5 Å². The maximum Gasteiger partial charge on any atom is 0.309 e. The maximum absolute atomic E-state index is 11.9. The lowest BCUT2D eigenvalue weighted by molar-refractivity contribution is -0.139. The standard InChI is InChI=1S/C18H27N3O2S/c22-17(18(23)20-13-16-6-3-11-24-16)19-12-14-7-9-21(10-8-14)15-4-1-2-5-15/h3,6,11,14-15H,1-2,4-5,7-10,12-13H2,(H,19,22)(H,20,23). The molecule has 0 unspecified atom stereocenters. The summed E-state index contributed by atoms with van der Waals surface area (Å²) in [5, 5.41) is 7.43. The van der Waals surface area contributed by atoms with Crippen LogP contribution >= 0.6 is 11.3 Å². The monoisotopic (exact) mass is 349 g/mol. The molecular formula is C18H27N3O2S. The van der Waals surface area contributed by atoms with Crippen LogP contribution in [-0.4, -0.2) is 42.4 Å². The van der Waals surface area contributed by atoms with E-state index < -0.39 is 11.8 Å². The van der Waals surface area contributed by atoms with Gasteiger partial charge in [-0.25, -0.2) is 0 Å². The van der Waals surface area contributed by atoms with Gasteiger partial charge in [-0.1, -0.05) is 18.9 Å². The van der Waals surface area contributed by atoms with Gasteiger partial charge in [0.2, 0.25) is 0 Å². The van der Waals surface area contributed by atoms with Gasteiger partial charge < -0.3 is 15.5 Å². The van der Waals surface area contributed by atoms with Crippen LogP contribution in [0.4, 0.5) is 0 Å². The number of rotatable bonds is 5. The summed E-state index contributed by atoms with van der Waals surface area (Å²) in [6.07, 6.45) is 7.70. The van der Waals surface area contributed by atoms with Crippen LogP contribution in [-0.2, 0) is 16.1 Å². The van der Waals surface area contributed by atoms with Crippen LogP contribution in [0.25, 0.3) is 0 Å². The van der Waals surface area contributed by atoms with Crippen molar-refractivity contribution in [3.63, 3.8) is 0 Å². The molecule has 0 spiro atoms. The molecule has 3 rings (SSSR count). The fourth-order valence-corrected chi connectivity index (χ4v) is 4.41. The number of thiophene rings is 1. The SMILES string of the molecule is O=C(NCc1cccs1)C(=O)NCC1CCN(C2CCCC2)CC1. The Hall–Kier alpha value is -1.40. The molecule has 6 heteroatoms. The third kappa shape index (κ3) is 4.80. The lowest BCUT2D eigenvalue weighted by Gasteiger charge is -2.36. The van der Waals surface area contributed by atoms with E-state index in [9.17, 15) is 9.59 Å². The van der Waals surface area contributed by atoms with Gasteiger partial charge in [-0.05, 0) is 56.1 Å². The molecule has 1 aromatic rings. The van der Waals surface area contributed by atoms with Crippen molar-refractivity contribution < 1.29 is 9.59 Å². The molecular weight excluding hydrogens is 322 g/mol. The average Bonchev–Trinajstić information content (AvgIpc) is 3.31. The van der Waals surface area contributed by atoms with Gasteiger partial charge in [-0.15, -0.1) is 11.3 Å². The zero-order valence-corrected chi connectivity index (χ0v) is 14.9. The number of nitrogens with one attached hydrogen (secondary N) is 2.